The van der Waals surface area contributed by atoms with Crippen molar-refractivity contribution in [3.63, 3.8) is 0 Å². The van der Waals surface area contributed by atoms with Gasteiger partial charge in [0.05, 0.1) is 5.92 Å². The minimum atomic E-state index is -0.437. The Morgan fingerprint density at radius 1 is 0.628 bits per heavy atom. The molecule has 4 heterocycles. The molecule has 6 nitrogen and oxygen atoms in total. The molecule has 3 N–H and O–H groups in total. The summed E-state index contributed by atoms with van der Waals surface area (Å²) in [7, 11) is 0. The zero-order valence-corrected chi connectivity index (χ0v) is 24.7. The molecule has 6 unspecified atom stereocenters. The molecular formula is C37H41N5O. The Bertz CT molecular complexity index is 1520. The molecule has 0 aromatic heterocycles. The number of hydrogen-bond donors (Lipinski definition) is 3. The second kappa shape index (κ2) is 11.2. The molecule has 4 aromatic carbocycles. The fourth-order valence-electron chi connectivity index (χ4n) is 8.40. The lowest BCUT2D eigenvalue weighted by atomic mass is 9.79. The van der Waals surface area contributed by atoms with E-state index in [4.69, 9.17) is 0 Å². The Balaban J connectivity index is 1.17. The first kappa shape index (κ1) is 27.1. The van der Waals surface area contributed by atoms with Gasteiger partial charge in [0.1, 0.15) is 11.4 Å². The van der Waals surface area contributed by atoms with E-state index in [1.54, 1.807) is 0 Å². The maximum atomic E-state index is 15.3. The largest absolute Gasteiger partial charge is 0.621 e. The van der Waals surface area contributed by atoms with Gasteiger partial charge in [-0.2, -0.15) is 0 Å². The highest BCUT2D eigenvalue weighted by Gasteiger charge is 2.50. The first-order valence-corrected chi connectivity index (χ1v) is 16.2. The summed E-state index contributed by atoms with van der Waals surface area (Å²) in [5.74, 6) is 0.655. The maximum absolute atomic E-state index is 15.3. The fourth-order valence-corrected chi connectivity index (χ4v) is 8.40. The van der Waals surface area contributed by atoms with Gasteiger partial charge in [-0.1, -0.05) is 48.5 Å². The fraction of sp³-hybridized carbons (Fsp3) is 0.351. The van der Waals surface area contributed by atoms with Crippen LogP contribution in [-0.2, 0) is 0 Å². The number of anilines is 3. The molecule has 3 saturated heterocycles. The summed E-state index contributed by atoms with van der Waals surface area (Å²) in [5, 5.41) is 26.5. The average molecular weight is 572 g/mol. The van der Waals surface area contributed by atoms with Crippen LogP contribution in [0.1, 0.15) is 55.1 Å². The molecule has 6 heteroatoms. The van der Waals surface area contributed by atoms with Gasteiger partial charge in [-0.25, -0.2) is 0 Å². The summed E-state index contributed by atoms with van der Waals surface area (Å²) in [5.41, 5.74) is 7.53. The van der Waals surface area contributed by atoms with Crippen molar-refractivity contribution in [3.05, 3.63) is 119 Å². The highest BCUT2D eigenvalue weighted by Crippen LogP contribution is 2.54. The Labute approximate surface area is 254 Å². The van der Waals surface area contributed by atoms with Gasteiger partial charge in [-0.15, -0.1) is 0 Å². The van der Waals surface area contributed by atoms with E-state index in [1.807, 2.05) is 0 Å². The highest BCUT2D eigenvalue weighted by molar-refractivity contribution is 5.80. The normalized spacial score (nSPS) is 29.7. The van der Waals surface area contributed by atoms with Gasteiger partial charge in [-0.05, 0) is 87.2 Å². The molecule has 4 aliphatic rings. The van der Waals surface area contributed by atoms with Crippen LogP contribution < -0.4 is 25.5 Å². The molecule has 0 amide bonds. The van der Waals surface area contributed by atoms with E-state index in [1.165, 1.54) is 24.0 Å². The molecule has 220 valence electrons. The number of piperidine rings is 3. The van der Waals surface area contributed by atoms with Crippen LogP contribution in [0.5, 0.6) is 0 Å². The van der Waals surface area contributed by atoms with Crippen LogP contribution in [0.3, 0.4) is 0 Å². The number of rotatable bonds is 5. The number of benzene rings is 4. The lowest BCUT2D eigenvalue weighted by Crippen LogP contribution is -2.58. The van der Waals surface area contributed by atoms with Crippen LogP contribution in [0.2, 0.25) is 0 Å². The Hall–Kier alpha value is -3.52. The summed E-state index contributed by atoms with van der Waals surface area (Å²) in [6.45, 7) is 3.03. The second-order valence-electron chi connectivity index (χ2n) is 12.7. The summed E-state index contributed by atoms with van der Waals surface area (Å²) in [6.07, 6.45) is 5.50. The average Bonchev–Trinajstić information content (AvgIpc) is 3.34. The van der Waals surface area contributed by atoms with E-state index in [9.17, 15) is 0 Å². The van der Waals surface area contributed by atoms with E-state index in [2.05, 4.69) is 124 Å². The first-order valence-electron chi connectivity index (χ1n) is 16.2. The summed E-state index contributed by atoms with van der Waals surface area (Å²) in [4.78, 5) is 2.30. The van der Waals surface area contributed by atoms with E-state index in [0.29, 0.717) is 18.0 Å². The number of para-hydroxylation sites is 2. The molecule has 3 fully saturated rings. The SMILES string of the molecule is [O-][N+]1(c2ccc(C3CCNC4CCCNC43)cc2)c2ccc(N(c3ccccc3)c3ccccc3)cc2C2CCCNC21. The van der Waals surface area contributed by atoms with Gasteiger partial charge >= 0.3 is 0 Å². The Morgan fingerprint density at radius 3 is 2.07 bits per heavy atom. The van der Waals surface area contributed by atoms with Gasteiger partial charge in [0, 0.05) is 65.4 Å². The smallest absolute Gasteiger partial charge is 0.159 e. The maximum Gasteiger partial charge on any atom is 0.159 e. The van der Waals surface area contributed by atoms with Crippen molar-refractivity contribution in [1.29, 1.82) is 0 Å². The molecule has 8 rings (SSSR count). The molecule has 0 spiro atoms. The number of nitrogens with zero attached hydrogens (tertiary/aromatic N) is 2. The number of hydroxylamine groups is 1. The van der Waals surface area contributed by atoms with Gasteiger partial charge in [0.25, 0.3) is 0 Å². The minimum Gasteiger partial charge on any atom is -0.621 e. The number of fused-ring (bicyclic) bond motifs is 4. The second-order valence-corrected chi connectivity index (χ2v) is 12.7. The topological polar surface area (TPSA) is 62.4 Å². The van der Waals surface area contributed by atoms with Gasteiger partial charge in [0.2, 0.25) is 0 Å². The minimum absolute atomic E-state index is 0.172. The number of quaternary nitrogens is 1. The quantitative estimate of drug-likeness (QED) is 0.173. The van der Waals surface area contributed by atoms with Gasteiger partial charge < -0.3 is 20.7 Å². The summed E-state index contributed by atoms with van der Waals surface area (Å²) in [6, 6.07) is 37.3. The monoisotopic (exact) mass is 571 g/mol. The number of hydrogen-bond acceptors (Lipinski definition) is 5. The zero-order chi connectivity index (χ0) is 28.8. The Kier molecular flexibility index (Phi) is 7.05. The zero-order valence-electron chi connectivity index (χ0n) is 24.7. The van der Waals surface area contributed by atoms with Crippen LogP contribution in [0.15, 0.2) is 103 Å². The van der Waals surface area contributed by atoms with Crippen LogP contribution in [-0.4, -0.2) is 37.9 Å². The molecule has 0 saturated carbocycles. The molecule has 6 atom stereocenters. The van der Waals surface area contributed by atoms with Crippen molar-refractivity contribution in [2.75, 3.05) is 24.5 Å². The van der Waals surface area contributed by atoms with E-state index in [0.717, 1.165) is 67.3 Å². The van der Waals surface area contributed by atoms with Crippen molar-refractivity contribution < 1.29 is 0 Å². The van der Waals surface area contributed by atoms with E-state index >= 15 is 5.21 Å². The van der Waals surface area contributed by atoms with Gasteiger partial charge in [-0.3, -0.25) is 9.96 Å². The first-order chi connectivity index (χ1) is 21.2. The molecule has 4 aromatic rings. The molecular weight excluding hydrogens is 530 g/mol. The lowest BCUT2D eigenvalue weighted by Gasteiger charge is -2.46. The molecule has 43 heavy (non-hydrogen) atoms. The lowest BCUT2D eigenvalue weighted by molar-refractivity contribution is 0.223. The van der Waals surface area contributed by atoms with Crippen molar-refractivity contribution in [2.24, 2.45) is 0 Å². The Morgan fingerprint density at radius 2 is 1.33 bits per heavy atom. The third-order valence-corrected chi connectivity index (χ3v) is 10.4. The van der Waals surface area contributed by atoms with Crippen molar-refractivity contribution in [2.45, 2.75) is 62.2 Å². The molecule has 0 radical (unpaired) electrons. The van der Waals surface area contributed by atoms with Crippen molar-refractivity contribution in [1.82, 2.24) is 20.6 Å². The van der Waals surface area contributed by atoms with Crippen molar-refractivity contribution in [3.8, 4) is 0 Å². The van der Waals surface area contributed by atoms with Crippen molar-refractivity contribution >= 4 is 28.4 Å². The standard InChI is InChI=1S/C37H41N5O/c43-42(30-18-15-26(16-19-30)31-21-24-38-34-14-8-22-39-36(31)34)35-20-17-29(25-33(35)32-13-7-23-40-37(32)42)41(27-9-3-1-4-10-27)28-11-5-2-6-12-28/h1-6,9-12,15-20,25,31-32,34,36-40H,7-8,13-14,21-24H2. The highest BCUT2D eigenvalue weighted by atomic mass is 16.6. The summed E-state index contributed by atoms with van der Waals surface area (Å²) < 4.78 is -0.437. The van der Waals surface area contributed by atoms with Crippen LogP contribution in [0, 0.1) is 5.21 Å². The molecule has 0 bridgehead atoms. The molecule has 0 aliphatic carbocycles. The summed E-state index contributed by atoms with van der Waals surface area (Å²) >= 11 is 0. The predicted octanol–water partition coefficient (Wildman–Crippen LogP) is 7.30. The van der Waals surface area contributed by atoms with Gasteiger partial charge in [0.15, 0.2) is 6.17 Å². The van der Waals surface area contributed by atoms with E-state index < -0.39 is 4.65 Å². The van der Waals surface area contributed by atoms with Crippen LogP contribution in [0.25, 0.3) is 0 Å². The third kappa shape index (κ3) is 4.60. The van der Waals surface area contributed by atoms with E-state index in [-0.39, 0.29) is 12.1 Å². The third-order valence-electron chi connectivity index (χ3n) is 10.4. The van der Waals surface area contributed by atoms with Crippen LogP contribution >= 0.6 is 0 Å². The van der Waals surface area contributed by atoms with Crippen LogP contribution in [0.4, 0.5) is 28.4 Å². The molecule has 4 aliphatic heterocycles. The number of nitrogens with one attached hydrogen (secondary N) is 3. The predicted molar refractivity (Wildman–Crippen MR) is 176 cm³/mol.